The number of carbonyl (C=O) groups excluding carboxylic acids is 2. The summed E-state index contributed by atoms with van der Waals surface area (Å²) in [5, 5.41) is 2.86. The Morgan fingerprint density at radius 1 is 1.04 bits per heavy atom. The fourth-order valence-electron chi connectivity index (χ4n) is 3.25. The van der Waals surface area contributed by atoms with Crippen molar-refractivity contribution >= 4 is 23.2 Å². The minimum Gasteiger partial charge on any atom is -0.497 e. The molecule has 0 spiro atoms. The lowest BCUT2D eigenvalue weighted by Gasteiger charge is -2.20. The molecule has 7 nitrogen and oxygen atoms in total. The Kier molecular flexibility index (Phi) is 5.73. The lowest BCUT2D eigenvalue weighted by atomic mass is 10.1. The third-order valence-corrected chi connectivity index (χ3v) is 4.74. The minimum absolute atomic E-state index is 0.104. The van der Waals surface area contributed by atoms with Crippen LogP contribution < -0.4 is 24.4 Å². The van der Waals surface area contributed by atoms with Gasteiger partial charge in [0.25, 0.3) is 0 Å². The number of methoxy groups -OCH3 is 3. The standard InChI is InChI=1S/C21H24N2O5/c1-13-5-6-19(28-4)18(7-13)23-12-14(8-20(23)24)21(25)22-15-9-16(26-2)11-17(10-15)27-3/h5-7,9-11,14H,8,12H2,1-4H3,(H,22,25)/t14-/m0/s1. The zero-order valence-corrected chi connectivity index (χ0v) is 16.4. The van der Waals surface area contributed by atoms with Gasteiger partial charge in [-0.05, 0) is 24.6 Å². The summed E-state index contributed by atoms with van der Waals surface area (Å²) < 4.78 is 15.8. The third kappa shape index (κ3) is 4.03. The van der Waals surface area contributed by atoms with Crippen LogP contribution in [0.25, 0.3) is 0 Å². The van der Waals surface area contributed by atoms with Crippen LogP contribution in [0.4, 0.5) is 11.4 Å². The van der Waals surface area contributed by atoms with E-state index in [1.165, 1.54) is 0 Å². The molecule has 28 heavy (non-hydrogen) atoms. The number of amides is 2. The molecule has 2 aromatic rings. The molecule has 1 N–H and O–H groups in total. The zero-order chi connectivity index (χ0) is 20.3. The highest BCUT2D eigenvalue weighted by Crippen LogP contribution is 2.34. The smallest absolute Gasteiger partial charge is 0.229 e. The Hall–Kier alpha value is -3.22. The summed E-state index contributed by atoms with van der Waals surface area (Å²) in [6.45, 7) is 2.25. The van der Waals surface area contributed by atoms with E-state index in [2.05, 4.69) is 5.32 Å². The van der Waals surface area contributed by atoms with E-state index in [4.69, 9.17) is 14.2 Å². The Morgan fingerprint density at radius 2 is 1.71 bits per heavy atom. The first kappa shape index (κ1) is 19.5. The normalized spacial score (nSPS) is 16.1. The molecule has 1 aliphatic rings. The molecule has 148 valence electrons. The summed E-state index contributed by atoms with van der Waals surface area (Å²) in [5.41, 5.74) is 2.26. The fraction of sp³-hybridized carbons (Fsp3) is 0.333. The largest absolute Gasteiger partial charge is 0.497 e. The van der Waals surface area contributed by atoms with Crippen LogP contribution >= 0.6 is 0 Å². The van der Waals surface area contributed by atoms with Crippen molar-refractivity contribution in [2.75, 3.05) is 38.1 Å². The molecule has 0 bridgehead atoms. The Bertz CT molecular complexity index is 874. The van der Waals surface area contributed by atoms with Crippen molar-refractivity contribution in [1.82, 2.24) is 0 Å². The number of carbonyl (C=O) groups is 2. The second-order valence-electron chi connectivity index (χ2n) is 6.67. The Labute approximate surface area is 164 Å². The van der Waals surface area contributed by atoms with Crippen molar-refractivity contribution < 1.29 is 23.8 Å². The zero-order valence-electron chi connectivity index (χ0n) is 16.4. The highest BCUT2D eigenvalue weighted by atomic mass is 16.5. The molecule has 0 unspecified atom stereocenters. The summed E-state index contributed by atoms with van der Waals surface area (Å²) >= 11 is 0. The predicted octanol–water partition coefficient (Wildman–Crippen LogP) is 3.01. The number of hydrogen-bond donors (Lipinski definition) is 1. The summed E-state index contributed by atoms with van der Waals surface area (Å²) in [4.78, 5) is 26.9. The van der Waals surface area contributed by atoms with Gasteiger partial charge in [0.05, 0.1) is 32.9 Å². The topological polar surface area (TPSA) is 77.1 Å². The lowest BCUT2D eigenvalue weighted by Crippen LogP contribution is -2.28. The van der Waals surface area contributed by atoms with E-state index >= 15 is 0 Å². The van der Waals surface area contributed by atoms with E-state index < -0.39 is 5.92 Å². The molecular weight excluding hydrogens is 360 g/mol. The van der Waals surface area contributed by atoms with Gasteiger partial charge in [-0.1, -0.05) is 6.07 Å². The van der Waals surface area contributed by atoms with E-state index in [9.17, 15) is 9.59 Å². The van der Waals surface area contributed by atoms with Gasteiger partial charge in [-0.3, -0.25) is 9.59 Å². The van der Waals surface area contributed by atoms with Crippen molar-refractivity contribution in [3.63, 3.8) is 0 Å². The number of aryl methyl sites for hydroxylation is 1. The SMILES string of the molecule is COc1cc(NC(=O)[C@H]2CC(=O)N(c3cc(C)ccc3OC)C2)cc(OC)c1. The van der Waals surface area contributed by atoms with E-state index in [-0.39, 0.29) is 18.2 Å². The molecule has 0 radical (unpaired) electrons. The predicted molar refractivity (Wildman–Crippen MR) is 106 cm³/mol. The fourth-order valence-corrected chi connectivity index (χ4v) is 3.25. The third-order valence-electron chi connectivity index (χ3n) is 4.74. The lowest BCUT2D eigenvalue weighted by molar-refractivity contribution is -0.122. The van der Waals surface area contributed by atoms with Crippen LogP contribution in [-0.4, -0.2) is 39.7 Å². The summed E-state index contributed by atoms with van der Waals surface area (Å²) in [6.07, 6.45) is 0.143. The number of nitrogens with zero attached hydrogens (tertiary/aromatic N) is 1. The van der Waals surface area contributed by atoms with Gasteiger partial charge >= 0.3 is 0 Å². The van der Waals surface area contributed by atoms with Crippen LogP contribution in [0.1, 0.15) is 12.0 Å². The monoisotopic (exact) mass is 384 g/mol. The molecule has 2 aromatic carbocycles. The van der Waals surface area contributed by atoms with Crippen LogP contribution in [0.15, 0.2) is 36.4 Å². The molecule has 0 saturated carbocycles. The van der Waals surface area contributed by atoms with Crippen LogP contribution in [0.3, 0.4) is 0 Å². The quantitative estimate of drug-likeness (QED) is 0.828. The van der Waals surface area contributed by atoms with Crippen molar-refractivity contribution in [1.29, 1.82) is 0 Å². The van der Waals surface area contributed by atoms with E-state index in [1.807, 2.05) is 25.1 Å². The molecule has 1 saturated heterocycles. The summed E-state index contributed by atoms with van der Waals surface area (Å²) in [5.74, 6) is 0.962. The first-order chi connectivity index (χ1) is 13.4. The van der Waals surface area contributed by atoms with Crippen molar-refractivity contribution in [2.24, 2.45) is 5.92 Å². The highest BCUT2D eigenvalue weighted by Gasteiger charge is 2.36. The van der Waals surface area contributed by atoms with E-state index in [0.717, 1.165) is 5.56 Å². The molecule has 0 aromatic heterocycles. The Balaban J connectivity index is 1.77. The molecule has 2 amide bonds. The van der Waals surface area contributed by atoms with Crippen molar-refractivity contribution in [2.45, 2.75) is 13.3 Å². The molecule has 1 heterocycles. The van der Waals surface area contributed by atoms with Gasteiger partial charge in [-0.15, -0.1) is 0 Å². The van der Waals surface area contributed by atoms with Gasteiger partial charge in [0.1, 0.15) is 17.2 Å². The molecule has 0 aliphatic carbocycles. The van der Waals surface area contributed by atoms with Crippen LogP contribution in [0.5, 0.6) is 17.2 Å². The minimum atomic E-state index is -0.463. The maximum Gasteiger partial charge on any atom is 0.229 e. The van der Waals surface area contributed by atoms with Crippen LogP contribution in [0.2, 0.25) is 0 Å². The van der Waals surface area contributed by atoms with Gasteiger partial charge in [0.2, 0.25) is 11.8 Å². The maximum absolute atomic E-state index is 12.8. The first-order valence-electron chi connectivity index (χ1n) is 8.94. The number of benzene rings is 2. The second kappa shape index (κ2) is 8.21. The molecule has 3 rings (SSSR count). The average Bonchev–Trinajstić information content (AvgIpc) is 3.09. The number of ether oxygens (including phenoxy) is 3. The molecule has 1 aliphatic heterocycles. The molecule has 7 heteroatoms. The summed E-state index contributed by atoms with van der Waals surface area (Å²) in [6, 6.07) is 10.8. The second-order valence-corrected chi connectivity index (χ2v) is 6.67. The van der Waals surface area contributed by atoms with Crippen molar-refractivity contribution in [3.8, 4) is 17.2 Å². The number of nitrogens with one attached hydrogen (secondary N) is 1. The molecule has 1 fully saturated rings. The van der Waals surface area contributed by atoms with Crippen molar-refractivity contribution in [3.05, 3.63) is 42.0 Å². The first-order valence-corrected chi connectivity index (χ1v) is 8.94. The maximum atomic E-state index is 12.8. The van der Waals surface area contributed by atoms with Gasteiger partial charge < -0.3 is 24.4 Å². The number of hydrogen-bond acceptors (Lipinski definition) is 5. The molecule has 1 atom stereocenters. The number of rotatable bonds is 6. The van der Waals surface area contributed by atoms with Crippen LogP contribution in [0, 0.1) is 12.8 Å². The highest BCUT2D eigenvalue weighted by molar-refractivity contribution is 6.04. The molecular formula is C21H24N2O5. The van der Waals surface area contributed by atoms with E-state index in [0.29, 0.717) is 35.2 Å². The van der Waals surface area contributed by atoms with E-state index in [1.54, 1.807) is 44.4 Å². The Morgan fingerprint density at radius 3 is 2.32 bits per heavy atom. The van der Waals surface area contributed by atoms with Crippen LogP contribution in [-0.2, 0) is 9.59 Å². The summed E-state index contributed by atoms with van der Waals surface area (Å²) in [7, 11) is 4.65. The van der Waals surface area contributed by atoms with Gasteiger partial charge in [-0.2, -0.15) is 0 Å². The number of anilines is 2. The average molecular weight is 384 g/mol. The van der Waals surface area contributed by atoms with Gasteiger partial charge in [0.15, 0.2) is 0 Å². The van der Waals surface area contributed by atoms with Gasteiger partial charge in [-0.25, -0.2) is 0 Å². The van der Waals surface area contributed by atoms with Gasteiger partial charge in [0, 0.05) is 36.9 Å².